The summed E-state index contributed by atoms with van der Waals surface area (Å²) in [5, 5.41) is 0. The molecule has 18 heavy (non-hydrogen) atoms. The van der Waals surface area contributed by atoms with Gasteiger partial charge in [-0.15, -0.1) is 0 Å². The fourth-order valence-corrected chi connectivity index (χ4v) is 4.54. The molecule has 0 aliphatic carbocycles. The van der Waals surface area contributed by atoms with Gasteiger partial charge in [-0.2, -0.15) is 4.31 Å². The molecule has 1 aliphatic rings. The van der Waals surface area contributed by atoms with Crippen molar-refractivity contribution in [3.63, 3.8) is 0 Å². The molecule has 1 aliphatic heterocycles. The standard InChI is InChI=1S/C13H18FNO2S/c1-3-12-5-4-8-15(12)18(16,17)13-7-6-11(14)9-10(13)2/h6-7,9,12H,3-5,8H2,1-2H3. The van der Waals surface area contributed by atoms with Crippen LogP contribution in [0.3, 0.4) is 0 Å². The van der Waals surface area contributed by atoms with Crippen molar-refractivity contribution >= 4 is 10.0 Å². The Labute approximate surface area is 108 Å². The number of rotatable bonds is 3. The van der Waals surface area contributed by atoms with Crippen molar-refractivity contribution in [2.75, 3.05) is 6.54 Å². The summed E-state index contributed by atoms with van der Waals surface area (Å²) in [6, 6.07) is 3.92. The maximum absolute atomic E-state index is 13.0. The smallest absolute Gasteiger partial charge is 0.207 e. The molecule has 5 heteroatoms. The highest BCUT2D eigenvalue weighted by Gasteiger charge is 2.34. The minimum Gasteiger partial charge on any atom is -0.207 e. The Balaban J connectivity index is 2.42. The first kappa shape index (κ1) is 13.5. The van der Waals surface area contributed by atoms with E-state index in [0.29, 0.717) is 12.1 Å². The summed E-state index contributed by atoms with van der Waals surface area (Å²) < 4.78 is 39.7. The molecule has 0 spiro atoms. The third-order valence-corrected chi connectivity index (χ3v) is 5.63. The Hall–Kier alpha value is -0.940. The van der Waals surface area contributed by atoms with Crippen LogP contribution >= 0.6 is 0 Å². The van der Waals surface area contributed by atoms with E-state index >= 15 is 0 Å². The largest absolute Gasteiger partial charge is 0.243 e. The molecule has 1 fully saturated rings. The summed E-state index contributed by atoms with van der Waals surface area (Å²) in [5.74, 6) is -0.403. The van der Waals surface area contributed by atoms with Gasteiger partial charge in [-0.05, 0) is 49.9 Å². The van der Waals surface area contributed by atoms with Crippen LogP contribution in [0.25, 0.3) is 0 Å². The molecule has 0 radical (unpaired) electrons. The van der Waals surface area contributed by atoms with E-state index < -0.39 is 15.8 Å². The Morgan fingerprint density at radius 2 is 2.17 bits per heavy atom. The molecule has 2 rings (SSSR count). The second-order valence-electron chi connectivity index (χ2n) is 4.73. The van der Waals surface area contributed by atoms with Crippen LogP contribution in [-0.2, 0) is 10.0 Å². The third kappa shape index (κ3) is 2.29. The fraction of sp³-hybridized carbons (Fsp3) is 0.538. The van der Waals surface area contributed by atoms with Gasteiger partial charge in [0.2, 0.25) is 10.0 Å². The summed E-state index contributed by atoms with van der Waals surface area (Å²) in [7, 11) is -3.48. The van der Waals surface area contributed by atoms with Gasteiger partial charge in [0.15, 0.2) is 0 Å². The number of benzene rings is 1. The first-order valence-corrected chi connectivity index (χ1v) is 7.69. The quantitative estimate of drug-likeness (QED) is 0.847. The van der Waals surface area contributed by atoms with E-state index in [9.17, 15) is 12.8 Å². The van der Waals surface area contributed by atoms with Crippen LogP contribution in [0.4, 0.5) is 4.39 Å². The van der Waals surface area contributed by atoms with Gasteiger partial charge < -0.3 is 0 Å². The molecule has 1 aromatic rings. The predicted octanol–water partition coefficient (Wildman–Crippen LogP) is 2.70. The molecule has 100 valence electrons. The lowest BCUT2D eigenvalue weighted by Gasteiger charge is -2.23. The Morgan fingerprint density at radius 3 is 2.78 bits per heavy atom. The highest BCUT2D eigenvalue weighted by atomic mass is 32.2. The second kappa shape index (κ2) is 4.97. The van der Waals surface area contributed by atoms with E-state index in [4.69, 9.17) is 0 Å². The summed E-state index contributed by atoms with van der Waals surface area (Å²) in [6.07, 6.45) is 2.63. The lowest BCUT2D eigenvalue weighted by molar-refractivity contribution is 0.379. The molecule has 0 bridgehead atoms. The van der Waals surface area contributed by atoms with Gasteiger partial charge in [0.05, 0.1) is 4.90 Å². The van der Waals surface area contributed by atoms with Gasteiger partial charge >= 0.3 is 0 Å². The zero-order valence-electron chi connectivity index (χ0n) is 10.7. The molecule has 1 aromatic carbocycles. The van der Waals surface area contributed by atoms with E-state index in [2.05, 4.69) is 0 Å². The second-order valence-corrected chi connectivity index (χ2v) is 6.59. The maximum atomic E-state index is 13.0. The molecule has 0 saturated carbocycles. The van der Waals surface area contributed by atoms with Crippen LogP contribution in [0.15, 0.2) is 23.1 Å². The zero-order valence-corrected chi connectivity index (χ0v) is 11.5. The minimum absolute atomic E-state index is 0.0828. The number of halogens is 1. The molecular formula is C13H18FNO2S. The number of aryl methyl sites for hydroxylation is 1. The van der Waals surface area contributed by atoms with E-state index in [1.54, 1.807) is 11.2 Å². The van der Waals surface area contributed by atoms with Crippen molar-refractivity contribution in [2.45, 2.75) is 44.0 Å². The van der Waals surface area contributed by atoms with E-state index in [1.165, 1.54) is 18.2 Å². The summed E-state index contributed by atoms with van der Waals surface area (Å²) >= 11 is 0. The molecule has 1 unspecified atom stereocenters. The van der Waals surface area contributed by atoms with Crippen molar-refractivity contribution in [1.29, 1.82) is 0 Å². The SMILES string of the molecule is CCC1CCCN1S(=O)(=O)c1ccc(F)cc1C. The summed E-state index contributed by atoms with van der Waals surface area (Å²) in [4.78, 5) is 0.226. The van der Waals surface area contributed by atoms with Gasteiger partial charge in [0.1, 0.15) is 5.82 Å². The highest BCUT2D eigenvalue weighted by molar-refractivity contribution is 7.89. The Morgan fingerprint density at radius 1 is 1.44 bits per heavy atom. The van der Waals surface area contributed by atoms with Crippen molar-refractivity contribution in [3.05, 3.63) is 29.6 Å². The first-order chi connectivity index (χ1) is 8.46. The average Bonchev–Trinajstić information content (AvgIpc) is 2.76. The Bertz CT molecular complexity index is 542. The zero-order chi connectivity index (χ0) is 13.3. The van der Waals surface area contributed by atoms with Gasteiger partial charge in [-0.3, -0.25) is 0 Å². The molecule has 0 aromatic heterocycles. The highest BCUT2D eigenvalue weighted by Crippen LogP contribution is 2.29. The number of sulfonamides is 1. The van der Waals surface area contributed by atoms with Crippen molar-refractivity contribution < 1.29 is 12.8 Å². The summed E-state index contributed by atoms with van der Waals surface area (Å²) in [6.45, 7) is 4.20. The van der Waals surface area contributed by atoms with Gasteiger partial charge in [0.25, 0.3) is 0 Å². The van der Waals surface area contributed by atoms with Gasteiger partial charge in [-0.1, -0.05) is 6.92 Å². The van der Waals surface area contributed by atoms with E-state index in [-0.39, 0.29) is 10.9 Å². The van der Waals surface area contributed by atoms with Crippen molar-refractivity contribution in [3.8, 4) is 0 Å². The monoisotopic (exact) mass is 271 g/mol. The topological polar surface area (TPSA) is 37.4 Å². The fourth-order valence-electron chi connectivity index (χ4n) is 2.56. The van der Waals surface area contributed by atoms with Gasteiger partial charge in [0, 0.05) is 12.6 Å². The molecule has 0 amide bonds. The number of hydrogen-bond donors (Lipinski definition) is 0. The molecule has 0 N–H and O–H groups in total. The third-order valence-electron chi connectivity index (χ3n) is 3.52. The summed E-state index contributed by atoms with van der Waals surface area (Å²) in [5.41, 5.74) is 0.469. The molecular weight excluding hydrogens is 253 g/mol. The molecule has 1 saturated heterocycles. The molecule has 3 nitrogen and oxygen atoms in total. The van der Waals surface area contributed by atoms with Crippen LogP contribution in [-0.4, -0.2) is 25.3 Å². The molecule has 1 heterocycles. The number of hydrogen-bond acceptors (Lipinski definition) is 2. The van der Waals surface area contributed by atoms with E-state index in [0.717, 1.165) is 19.3 Å². The lowest BCUT2D eigenvalue weighted by Crippen LogP contribution is -2.35. The van der Waals surface area contributed by atoms with E-state index in [1.807, 2.05) is 6.92 Å². The first-order valence-electron chi connectivity index (χ1n) is 6.25. The lowest BCUT2D eigenvalue weighted by atomic mass is 10.2. The van der Waals surface area contributed by atoms with Crippen LogP contribution in [0.2, 0.25) is 0 Å². The van der Waals surface area contributed by atoms with Gasteiger partial charge in [-0.25, -0.2) is 12.8 Å². The number of nitrogens with zero attached hydrogens (tertiary/aromatic N) is 1. The van der Waals surface area contributed by atoms with Crippen LogP contribution < -0.4 is 0 Å². The van der Waals surface area contributed by atoms with Crippen LogP contribution in [0.1, 0.15) is 31.7 Å². The normalized spacial score (nSPS) is 21.4. The van der Waals surface area contributed by atoms with Crippen LogP contribution in [0, 0.1) is 12.7 Å². The maximum Gasteiger partial charge on any atom is 0.243 e. The average molecular weight is 271 g/mol. The van der Waals surface area contributed by atoms with Crippen LogP contribution in [0.5, 0.6) is 0 Å². The molecule has 1 atom stereocenters. The van der Waals surface area contributed by atoms with Crippen molar-refractivity contribution in [2.24, 2.45) is 0 Å². The minimum atomic E-state index is -3.48. The van der Waals surface area contributed by atoms with Crippen molar-refractivity contribution in [1.82, 2.24) is 4.31 Å². The Kier molecular flexibility index (Phi) is 3.73. The predicted molar refractivity (Wildman–Crippen MR) is 68.3 cm³/mol.